The minimum atomic E-state index is -0.187. The summed E-state index contributed by atoms with van der Waals surface area (Å²) in [5, 5.41) is 4.61. The van der Waals surface area contributed by atoms with Crippen molar-refractivity contribution < 1.29 is 4.79 Å². The maximum atomic E-state index is 12.2. The van der Waals surface area contributed by atoms with Crippen molar-refractivity contribution in [3.05, 3.63) is 35.3 Å². The zero-order chi connectivity index (χ0) is 14.8. The van der Waals surface area contributed by atoms with E-state index in [1.54, 1.807) is 6.20 Å². The summed E-state index contributed by atoms with van der Waals surface area (Å²) in [6, 6.07) is 7.82. The number of nitrogen functional groups attached to an aromatic ring is 1. The Bertz CT molecular complexity index is 876. The van der Waals surface area contributed by atoms with E-state index < -0.39 is 0 Å². The van der Waals surface area contributed by atoms with Crippen LogP contribution in [0.2, 0.25) is 0 Å². The molecule has 0 aliphatic carbocycles. The number of rotatable bonds is 3. The van der Waals surface area contributed by atoms with Crippen molar-refractivity contribution in [2.24, 2.45) is 0 Å². The number of thiophene rings is 1. The lowest BCUT2D eigenvalue weighted by Crippen LogP contribution is -2.23. The van der Waals surface area contributed by atoms with E-state index in [1.807, 2.05) is 24.3 Å². The van der Waals surface area contributed by atoms with Crippen molar-refractivity contribution in [3.63, 3.8) is 0 Å². The first kappa shape index (κ1) is 13.4. The SMILES string of the molecule is C#CCCNC(=O)c1sc2c(cnc3ccccc32)c1N. The van der Waals surface area contributed by atoms with Gasteiger partial charge in [0.15, 0.2) is 0 Å². The quantitative estimate of drug-likeness (QED) is 0.576. The number of benzene rings is 1. The van der Waals surface area contributed by atoms with Crippen LogP contribution in [0.3, 0.4) is 0 Å². The van der Waals surface area contributed by atoms with Crippen molar-refractivity contribution in [3.8, 4) is 12.3 Å². The fraction of sp³-hybridized carbons (Fsp3) is 0.125. The first-order chi connectivity index (χ1) is 10.2. The first-order valence-electron chi connectivity index (χ1n) is 6.49. The molecular weight excluding hydrogens is 282 g/mol. The molecule has 21 heavy (non-hydrogen) atoms. The lowest BCUT2D eigenvalue weighted by atomic mass is 10.1. The number of carbonyl (C=O) groups is 1. The molecule has 0 fully saturated rings. The van der Waals surface area contributed by atoms with E-state index in [4.69, 9.17) is 12.2 Å². The zero-order valence-electron chi connectivity index (χ0n) is 11.2. The smallest absolute Gasteiger partial charge is 0.263 e. The zero-order valence-corrected chi connectivity index (χ0v) is 12.0. The van der Waals surface area contributed by atoms with E-state index in [2.05, 4.69) is 16.2 Å². The predicted molar refractivity (Wildman–Crippen MR) is 87.3 cm³/mol. The van der Waals surface area contributed by atoms with Crippen LogP contribution in [0.5, 0.6) is 0 Å². The molecule has 3 aromatic rings. The van der Waals surface area contributed by atoms with Crippen LogP contribution in [-0.2, 0) is 0 Å². The Morgan fingerprint density at radius 2 is 2.19 bits per heavy atom. The summed E-state index contributed by atoms with van der Waals surface area (Å²) in [4.78, 5) is 17.1. The molecular formula is C16H13N3OS. The number of para-hydroxylation sites is 1. The largest absolute Gasteiger partial charge is 0.397 e. The molecule has 0 unspecified atom stereocenters. The third-order valence-electron chi connectivity index (χ3n) is 3.23. The number of nitrogens with zero attached hydrogens (tertiary/aromatic N) is 1. The number of amides is 1. The number of hydrogen-bond donors (Lipinski definition) is 2. The first-order valence-corrected chi connectivity index (χ1v) is 7.31. The van der Waals surface area contributed by atoms with Gasteiger partial charge in [-0.3, -0.25) is 9.78 Å². The third kappa shape index (κ3) is 2.30. The van der Waals surface area contributed by atoms with E-state index in [0.717, 1.165) is 21.0 Å². The molecule has 0 spiro atoms. The molecule has 4 nitrogen and oxygen atoms in total. The molecule has 0 aliphatic heterocycles. The van der Waals surface area contributed by atoms with Crippen LogP contribution >= 0.6 is 11.3 Å². The Morgan fingerprint density at radius 3 is 3.00 bits per heavy atom. The van der Waals surface area contributed by atoms with Gasteiger partial charge in [0.2, 0.25) is 0 Å². The number of pyridine rings is 1. The maximum Gasteiger partial charge on any atom is 0.263 e. The van der Waals surface area contributed by atoms with E-state index >= 15 is 0 Å². The highest BCUT2D eigenvalue weighted by Gasteiger charge is 2.17. The number of hydrogen-bond acceptors (Lipinski definition) is 4. The number of nitrogens with one attached hydrogen (secondary N) is 1. The van der Waals surface area contributed by atoms with Gasteiger partial charge in [-0.15, -0.1) is 23.7 Å². The molecule has 0 atom stereocenters. The molecule has 0 radical (unpaired) electrons. The van der Waals surface area contributed by atoms with Gasteiger partial charge in [0, 0.05) is 34.6 Å². The average Bonchev–Trinajstić information content (AvgIpc) is 2.85. The van der Waals surface area contributed by atoms with Gasteiger partial charge < -0.3 is 11.1 Å². The van der Waals surface area contributed by atoms with E-state index in [9.17, 15) is 4.79 Å². The Labute approximate surface area is 126 Å². The molecule has 0 aliphatic rings. The van der Waals surface area contributed by atoms with Gasteiger partial charge in [0.1, 0.15) is 4.88 Å². The number of nitrogens with two attached hydrogens (primary N) is 1. The number of aromatic nitrogens is 1. The van der Waals surface area contributed by atoms with Gasteiger partial charge in [-0.2, -0.15) is 0 Å². The highest BCUT2D eigenvalue weighted by Crippen LogP contribution is 2.37. The molecule has 0 saturated heterocycles. The summed E-state index contributed by atoms with van der Waals surface area (Å²) < 4.78 is 0.986. The van der Waals surface area contributed by atoms with Crippen LogP contribution in [-0.4, -0.2) is 17.4 Å². The molecule has 3 N–H and O–H groups in total. The normalized spacial score (nSPS) is 10.6. The third-order valence-corrected chi connectivity index (χ3v) is 4.48. The lowest BCUT2D eigenvalue weighted by molar-refractivity contribution is 0.0959. The molecule has 2 heterocycles. The summed E-state index contributed by atoms with van der Waals surface area (Å²) in [6.07, 6.45) is 7.40. The van der Waals surface area contributed by atoms with Crippen LogP contribution in [0.4, 0.5) is 5.69 Å². The van der Waals surface area contributed by atoms with Gasteiger partial charge in [0.05, 0.1) is 11.2 Å². The van der Waals surface area contributed by atoms with Gasteiger partial charge in [0.25, 0.3) is 5.91 Å². The monoisotopic (exact) mass is 295 g/mol. The Hall–Kier alpha value is -2.58. The van der Waals surface area contributed by atoms with Crippen LogP contribution in [0.15, 0.2) is 30.5 Å². The summed E-state index contributed by atoms with van der Waals surface area (Å²) in [6.45, 7) is 0.446. The fourth-order valence-corrected chi connectivity index (χ4v) is 3.34. The lowest BCUT2D eigenvalue weighted by Gasteiger charge is -2.01. The van der Waals surface area contributed by atoms with Crippen molar-refractivity contribution in [2.75, 3.05) is 12.3 Å². The summed E-state index contributed by atoms with van der Waals surface area (Å²) >= 11 is 1.39. The van der Waals surface area contributed by atoms with Crippen LogP contribution < -0.4 is 11.1 Å². The highest BCUT2D eigenvalue weighted by molar-refractivity contribution is 7.22. The maximum absolute atomic E-state index is 12.2. The van der Waals surface area contributed by atoms with Crippen molar-refractivity contribution in [1.82, 2.24) is 10.3 Å². The second-order valence-electron chi connectivity index (χ2n) is 4.57. The second-order valence-corrected chi connectivity index (χ2v) is 5.59. The molecule has 3 rings (SSSR count). The Balaban J connectivity index is 2.09. The molecule has 2 aromatic heterocycles. The molecule has 104 valence electrons. The van der Waals surface area contributed by atoms with Crippen LogP contribution in [0.1, 0.15) is 16.1 Å². The highest BCUT2D eigenvalue weighted by atomic mass is 32.1. The van der Waals surface area contributed by atoms with Gasteiger partial charge in [-0.05, 0) is 6.07 Å². The number of fused-ring (bicyclic) bond motifs is 3. The number of anilines is 1. The fourth-order valence-electron chi connectivity index (χ4n) is 2.19. The molecule has 1 aromatic carbocycles. The van der Waals surface area contributed by atoms with E-state index in [0.29, 0.717) is 23.5 Å². The van der Waals surface area contributed by atoms with Gasteiger partial charge >= 0.3 is 0 Å². The molecule has 5 heteroatoms. The molecule has 1 amide bonds. The van der Waals surface area contributed by atoms with Gasteiger partial charge in [-0.25, -0.2) is 0 Å². The summed E-state index contributed by atoms with van der Waals surface area (Å²) in [5.74, 6) is 2.30. The second kappa shape index (κ2) is 5.43. The van der Waals surface area contributed by atoms with Crippen molar-refractivity contribution in [2.45, 2.75) is 6.42 Å². The Kier molecular flexibility index (Phi) is 3.46. The molecule has 0 bridgehead atoms. The topological polar surface area (TPSA) is 68.0 Å². The average molecular weight is 295 g/mol. The van der Waals surface area contributed by atoms with Crippen LogP contribution in [0.25, 0.3) is 21.0 Å². The van der Waals surface area contributed by atoms with Crippen molar-refractivity contribution in [1.29, 1.82) is 0 Å². The Morgan fingerprint density at radius 1 is 1.38 bits per heavy atom. The molecule has 0 saturated carbocycles. The standard InChI is InChI=1S/C16H13N3OS/c1-2-3-8-18-16(20)15-13(17)11-9-19-12-7-5-4-6-10(12)14(11)21-15/h1,4-7,9H,3,8,17H2,(H,18,20). The van der Waals surface area contributed by atoms with E-state index in [1.165, 1.54) is 11.3 Å². The minimum absolute atomic E-state index is 0.187. The summed E-state index contributed by atoms with van der Waals surface area (Å²) in [7, 11) is 0. The minimum Gasteiger partial charge on any atom is -0.397 e. The number of carbonyl (C=O) groups excluding carboxylic acids is 1. The number of terminal acetylenes is 1. The van der Waals surface area contributed by atoms with Crippen molar-refractivity contribution >= 4 is 43.9 Å². The van der Waals surface area contributed by atoms with Gasteiger partial charge in [-0.1, -0.05) is 18.2 Å². The van der Waals surface area contributed by atoms with E-state index in [-0.39, 0.29) is 5.91 Å². The van der Waals surface area contributed by atoms with Crippen LogP contribution in [0, 0.1) is 12.3 Å². The predicted octanol–water partition coefficient (Wildman–Crippen LogP) is 2.78. The summed E-state index contributed by atoms with van der Waals surface area (Å²) in [5.41, 5.74) is 7.48.